The molecule has 6 nitrogen and oxygen atoms in total. The predicted octanol–water partition coefficient (Wildman–Crippen LogP) is 6.03. The smallest absolute Gasteiger partial charge is 0.300 e. The maximum absolute atomic E-state index is 13.2. The molecule has 1 unspecified atom stereocenters. The Morgan fingerprint density at radius 3 is 2.35 bits per heavy atom. The first-order valence-electron chi connectivity index (χ1n) is 10.5. The largest absolute Gasteiger partial charge is 0.508 e. The lowest BCUT2D eigenvalue weighted by Gasteiger charge is -2.26. The van der Waals surface area contributed by atoms with Crippen molar-refractivity contribution in [3.63, 3.8) is 0 Å². The van der Waals surface area contributed by atoms with Gasteiger partial charge in [-0.15, -0.1) is 0 Å². The topological polar surface area (TPSA) is 87.1 Å². The van der Waals surface area contributed by atoms with Gasteiger partial charge >= 0.3 is 0 Å². The molecule has 1 heterocycles. The van der Waals surface area contributed by atoms with Crippen molar-refractivity contribution in [1.82, 2.24) is 0 Å². The molecule has 0 aliphatic carbocycles. The number of hydrogen-bond donors (Lipinski definition) is 2. The highest BCUT2D eigenvalue weighted by Crippen LogP contribution is 2.44. The summed E-state index contributed by atoms with van der Waals surface area (Å²) in [6.07, 6.45) is 0. The van der Waals surface area contributed by atoms with E-state index in [1.807, 2.05) is 13.8 Å². The number of aromatic hydroxyl groups is 1. The van der Waals surface area contributed by atoms with Gasteiger partial charge in [0.1, 0.15) is 17.3 Å². The van der Waals surface area contributed by atoms with E-state index in [0.29, 0.717) is 23.5 Å². The molecule has 8 heteroatoms. The number of halogens is 2. The number of phenols is 1. The van der Waals surface area contributed by atoms with Gasteiger partial charge in [0.15, 0.2) is 0 Å². The Balaban J connectivity index is 1.94. The number of aliphatic hydroxyl groups excluding tert-OH is 1. The number of benzene rings is 3. The first-order valence-corrected chi connectivity index (χ1v) is 11.3. The molecule has 34 heavy (non-hydrogen) atoms. The van der Waals surface area contributed by atoms with E-state index in [1.165, 1.54) is 35.2 Å². The van der Waals surface area contributed by atoms with Crippen LogP contribution in [0.2, 0.25) is 10.0 Å². The number of ketones is 1. The third-order valence-corrected chi connectivity index (χ3v) is 5.94. The molecule has 0 spiro atoms. The number of Topliss-reactive ketones (excluding diaryl/α,β-unsaturated/α-hetero) is 1. The highest BCUT2D eigenvalue weighted by Gasteiger charge is 2.47. The molecule has 1 fully saturated rings. The summed E-state index contributed by atoms with van der Waals surface area (Å²) in [4.78, 5) is 27.7. The molecule has 174 valence electrons. The van der Waals surface area contributed by atoms with Crippen LogP contribution in [0.1, 0.15) is 29.7 Å². The van der Waals surface area contributed by atoms with Crippen LogP contribution in [0.3, 0.4) is 0 Å². The zero-order chi connectivity index (χ0) is 24.6. The Hall–Kier alpha value is -3.48. The van der Waals surface area contributed by atoms with Gasteiger partial charge < -0.3 is 14.9 Å². The lowest BCUT2D eigenvalue weighted by atomic mass is 9.94. The Kier molecular flexibility index (Phi) is 6.55. The monoisotopic (exact) mass is 497 g/mol. The molecule has 0 aromatic heterocycles. The number of aryl methyl sites for hydroxylation is 1. The molecule has 1 aliphatic heterocycles. The van der Waals surface area contributed by atoms with Crippen LogP contribution >= 0.6 is 23.2 Å². The zero-order valence-electron chi connectivity index (χ0n) is 18.4. The van der Waals surface area contributed by atoms with Crippen LogP contribution in [0, 0.1) is 6.92 Å². The van der Waals surface area contributed by atoms with Gasteiger partial charge in [-0.3, -0.25) is 14.5 Å². The van der Waals surface area contributed by atoms with Gasteiger partial charge in [0.25, 0.3) is 11.7 Å². The van der Waals surface area contributed by atoms with Crippen molar-refractivity contribution in [2.24, 2.45) is 0 Å². The average Bonchev–Trinajstić information content (AvgIpc) is 3.05. The Labute approximate surface area is 206 Å². The van der Waals surface area contributed by atoms with E-state index in [4.69, 9.17) is 27.9 Å². The SMILES string of the molecule is CCOc1ccc(/C(O)=C2\C(=O)C(=O)N(c3cc(Cl)cc(Cl)c3)C2c2cccc(O)c2)cc1C. The lowest BCUT2D eigenvalue weighted by Crippen LogP contribution is -2.29. The number of rotatable bonds is 5. The van der Waals surface area contributed by atoms with E-state index >= 15 is 0 Å². The van der Waals surface area contributed by atoms with Crippen molar-refractivity contribution in [2.45, 2.75) is 19.9 Å². The van der Waals surface area contributed by atoms with Gasteiger partial charge in [-0.05, 0) is 73.5 Å². The summed E-state index contributed by atoms with van der Waals surface area (Å²) in [5.41, 5.74) is 1.72. The summed E-state index contributed by atoms with van der Waals surface area (Å²) in [6, 6.07) is 14.7. The van der Waals surface area contributed by atoms with Gasteiger partial charge in [-0.25, -0.2) is 0 Å². The van der Waals surface area contributed by atoms with Crippen molar-refractivity contribution >= 4 is 46.3 Å². The van der Waals surface area contributed by atoms with E-state index in [-0.39, 0.29) is 32.8 Å². The second-order valence-electron chi connectivity index (χ2n) is 7.81. The van der Waals surface area contributed by atoms with Gasteiger partial charge in [0.2, 0.25) is 0 Å². The summed E-state index contributed by atoms with van der Waals surface area (Å²) < 4.78 is 5.56. The van der Waals surface area contributed by atoms with Gasteiger partial charge in [-0.2, -0.15) is 0 Å². The summed E-state index contributed by atoms with van der Waals surface area (Å²) in [7, 11) is 0. The fourth-order valence-electron chi connectivity index (χ4n) is 4.06. The number of phenolic OH excluding ortho intramolecular Hbond substituents is 1. The van der Waals surface area contributed by atoms with E-state index in [0.717, 1.165) is 5.56 Å². The van der Waals surface area contributed by atoms with Gasteiger partial charge in [-0.1, -0.05) is 35.3 Å². The second kappa shape index (κ2) is 9.41. The van der Waals surface area contributed by atoms with Crippen LogP contribution in [-0.4, -0.2) is 28.5 Å². The minimum atomic E-state index is -1.02. The van der Waals surface area contributed by atoms with Crippen LogP contribution in [0.4, 0.5) is 5.69 Å². The number of carbonyl (C=O) groups excluding carboxylic acids is 2. The number of anilines is 1. The van der Waals surface area contributed by atoms with Crippen molar-refractivity contribution < 1.29 is 24.5 Å². The number of nitrogens with zero attached hydrogens (tertiary/aromatic N) is 1. The molecule has 2 N–H and O–H groups in total. The fourth-order valence-corrected chi connectivity index (χ4v) is 4.57. The number of aliphatic hydroxyl groups is 1. The quantitative estimate of drug-likeness (QED) is 0.255. The molecule has 0 bridgehead atoms. The average molecular weight is 498 g/mol. The molecule has 4 rings (SSSR count). The minimum Gasteiger partial charge on any atom is -0.508 e. The highest BCUT2D eigenvalue weighted by atomic mass is 35.5. The Morgan fingerprint density at radius 1 is 1.03 bits per heavy atom. The standard InChI is InChI=1S/C26H21Cl2NO5/c1-3-34-21-8-7-16(9-14(21)2)24(31)22-23(15-5-4-6-20(30)10-15)29(26(33)25(22)32)19-12-17(27)11-18(28)13-19/h4-13,23,30-31H,3H2,1-2H3/b24-22+. The fraction of sp³-hybridized carbons (Fsp3) is 0.154. The maximum Gasteiger partial charge on any atom is 0.300 e. The number of carbonyl (C=O) groups is 2. The summed E-state index contributed by atoms with van der Waals surface area (Å²) in [5, 5.41) is 21.9. The molecular weight excluding hydrogens is 477 g/mol. The molecule has 1 saturated heterocycles. The van der Waals surface area contributed by atoms with Crippen LogP contribution in [-0.2, 0) is 9.59 Å². The highest BCUT2D eigenvalue weighted by molar-refractivity contribution is 6.52. The van der Waals surface area contributed by atoms with Crippen molar-refractivity contribution in [3.05, 3.63) is 93.0 Å². The summed E-state index contributed by atoms with van der Waals surface area (Å²) in [5.74, 6) is -1.46. The van der Waals surface area contributed by atoms with Gasteiger partial charge in [0.05, 0.1) is 18.2 Å². The second-order valence-corrected chi connectivity index (χ2v) is 8.68. The third-order valence-electron chi connectivity index (χ3n) is 5.50. The molecule has 3 aromatic carbocycles. The summed E-state index contributed by atoms with van der Waals surface area (Å²) >= 11 is 12.3. The number of amides is 1. The van der Waals surface area contributed by atoms with E-state index < -0.39 is 17.7 Å². The summed E-state index contributed by atoms with van der Waals surface area (Å²) in [6.45, 7) is 4.17. The third kappa shape index (κ3) is 4.34. The first-order chi connectivity index (χ1) is 16.2. The van der Waals surface area contributed by atoms with E-state index in [1.54, 1.807) is 30.3 Å². The molecule has 1 amide bonds. The Bertz CT molecular complexity index is 1310. The minimum absolute atomic E-state index is 0.0517. The molecular formula is C26H21Cl2NO5. The van der Waals surface area contributed by atoms with Crippen LogP contribution in [0.5, 0.6) is 11.5 Å². The molecule has 3 aromatic rings. The molecule has 1 atom stereocenters. The van der Waals surface area contributed by atoms with E-state index in [2.05, 4.69) is 0 Å². The first kappa shape index (κ1) is 23.7. The zero-order valence-corrected chi connectivity index (χ0v) is 19.9. The van der Waals surface area contributed by atoms with E-state index in [9.17, 15) is 19.8 Å². The predicted molar refractivity (Wildman–Crippen MR) is 132 cm³/mol. The van der Waals surface area contributed by atoms with Gasteiger partial charge in [0, 0.05) is 21.3 Å². The molecule has 1 aliphatic rings. The maximum atomic E-state index is 13.2. The van der Waals surface area contributed by atoms with Crippen LogP contribution < -0.4 is 9.64 Å². The number of ether oxygens (including phenoxy) is 1. The number of hydrogen-bond acceptors (Lipinski definition) is 5. The molecule has 0 radical (unpaired) electrons. The van der Waals surface area contributed by atoms with Crippen molar-refractivity contribution in [2.75, 3.05) is 11.5 Å². The lowest BCUT2D eigenvalue weighted by molar-refractivity contribution is -0.132. The van der Waals surface area contributed by atoms with Crippen molar-refractivity contribution in [3.8, 4) is 11.5 Å². The van der Waals surface area contributed by atoms with Crippen LogP contribution in [0.15, 0.2) is 66.2 Å². The normalized spacial score (nSPS) is 17.3. The van der Waals surface area contributed by atoms with Crippen molar-refractivity contribution in [1.29, 1.82) is 0 Å². The molecule has 0 saturated carbocycles. The Morgan fingerprint density at radius 2 is 1.74 bits per heavy atom. The van der Waals surface area contributed by atoms with Crippen LogP contribution in [0.25, 0.3) is 5.76 Å².